The van der Waals surface area contributed by atoms with Crippen LogP contribution in [0.3, 0.4) is 0 Å². The van der Waals surface area contributed by atoms with Crippen LogP contribution >= 0.6 is 11.8 Å². The molecule has 1 aromatic rings. The van der Waals surface area contributed by atoms with Gasteiger partial charge in [0.05, 0.1) is 11.8 Å². The summed E-state index contributed by atoms with van der Waals surface area (Å²) in [6.45, 7) is 1.72. The number of ether oxygens (including phenoxy) is 1. The Morgan fingerprint density at radius 1 is 1.16 bits per heavy atom. The van der Waals surface area contributed by atoms with Gasteiger partial charge < -0.3 is 4.74 Å². The van der Waals surface area contributed by atoms with Gasteiger partial charge in [-0.05, 0) is 43.7 Å². The van der Waals surface area contributed by atoms with E-state index in [1.54, 1.807) is 18.7 Å². The van der Waals surface area contributed by atoms with E-state index in [4.69, 9.17) is 4.74 Å². The third-order valence-corrected chi connectivity index (χ3v) is 5.89. The monoisotopic (exact) mass is 361 g/mol. The molecule has 3 rings (SSSR count). The zero-order valence-corrected chi connectivity index (χ0v) is 15.4. The minimum atomic E-state index is -0.865. The predicted molar refractivity (Wildman–Crippen MR) is 94.8 cm³/mol. The first-order chi connectivity index (χ1) is 12.0. The summed E-state index contributed by atoms with van der Waals surface area (Å²) in [4.78, 5) is 39.7. The highest BCUT2D eigenvalue weighted by atomic mass is 32.2. The molecule has 0 radical (unpaired) electrons. The standard InChI is InChI=1S/C19H23NO4S/c1-12(19(23)24-11-13-7-9-14(25-2)10-8-13)20-17(21)15-5-3-4-6-16(15)18(20)22/h7-10,12,15-16H,3-6,11H2,1-2H3/t12-,15+,16+/m0/s1. The number of hydrogen-bond donors (Lipinski definition) is 0. The first kappa shape index (κ1) is 18.0. The lowest BCUT2D eigenvalue weighted by atomic mass is 9.81. The Kier molecular flexibility index (Phi) is 5.47. The summed E-state index contributed by atoms with van der Waals surface area (Å²) >= 11 is 1.64. The highest BCUT2D eigenvalue weighted by Crippen LogP contribution is 2.38. The topological polar surface area (TPSA) is 63.7 Å². The van der Waals surface area contributed by atoms with Crippen molar-refractivity contribution in [3.05, 3.63) is 29.8 Å². The molecule has 1 aliphatic heterocycles. The fraction of sp³-hybridized carbons (Fsp3) is 0.526. The van der Waals surface area contributed by atoms with E-state index in [9.17, 15) is 14.4 Å². The minimum absolute atomic E-state index is 0.140. The molecule has 2 fully saturated rings. The Bertz CT molecular complexity index is 649. The number of imide groups is 1. The van der Waals surface area contributed by atoms with Crippen LogP contribution in [0.15, 0.2) is 29.2 Å². The molecule has 2 amide bonds. The van der Waals surface area contributed by atoms with E-state index in [1.165, 1.54) is 0 Å². The maximum absolute atomic E-state index is 12.5. The molecule has 1 saturated heterocycles. The molecule has 0 aromatic heterocycles. The summed E-state index contributed by atoms with van der Waals surface area (Å²) in [5.74, 6) is -1.42. The number of carbonyl (C=O) groups is 3. The number of benzene rings is 1. The second-order valence-electron chi connectivity index (χ2n) is 6.68. The Labute approximate surface area is 152 Å². The van der Waals surface area contributed by atoms with Crippen LogP contribution in [0.4, 0.5) is 0 Å². The van der Waals surface area contributed by atoms with Crippen LogP contribution in [-0.2, 0) is 25.7 Å². The molecule has 5 nitrogen and oxygen atoms in total. The van der Waals surface area contributed by atoms with Crippen LogP contribution in [0.25, 0.3) is 0 Å². The summed E-state index contributed by atoms with van der Waals surface area (Å²) < 4.78 is 5.33. The van der Waals surface area contributed by atoms with Crippen molar-refractivity contribution in [2.75, 3.05) is 6.26 Å². The first-order valence-electron chi connectivity index (χ1n) is 8.69. The maximum Gasteiger partial charge on any atom is 0.329 e. The van der Waals surface area contributed by atoms with Gasteiger partial charge >= 0.3 is 5.97 Å². The van der Waals surface area contributed by atoms with Gasteiger partial charge in [0.25, 0.3) is 0 Å². The van der Waals surface area contributed by atoms with Gasteiger partial charge in [-0.3, -0.25) is 14.5 Å². The lowest BCUT2D eigenvalue weighted by Gasteiger charge is -2.21. The predicted octanol–water partition coefficient (Wildman–Crippen LogP) is 3.02. The zero-order valence-electron chi connectivity index (χ0n) is 14.6. The molecule has 2 aliphatic rings. The number of thioether (sulfide) groups is 1. The van der Waals surface area contributed by atoms with Gasteiger partial charge in [0.2, 0.25) is 11.8 Å². The molecule has 25 heavy (non-hydrogen) atoms. The SMILES string of the molecule is CSc1ccc(COC(=O)[C@H](C)N2C(=O)[C@@H]3CCCC[C@H]3C2=O)cc1. The second kappa shape index (κ2) is 7.60. The Hall–Kier alpha value is -1.82. The third-order valence-electron chi connectivity index (χ3n) is 5.14. The van der Waals surface area contributed by atoms with Gasteiger partial charge in [0, 0.05) is 4.90 Å². The number of nitrogens with zero attached hydrogens (tertiary/aromatic N) is 1. The first-order valence-corrected chi connectivity index (χ1v) is 9.92. The Balaban J connectivity index is 1.61. The van der Waals surface area contributed by atoms with Gasteiger partial charge in [-0.2, -0.15) is 0 Å². The van der Waals surface area contributed by atoms with Crippen LogP contribution in [-0.4, -0.2) is 35.0 Å². The lowest BCUT2D eigenvalue weighted by molar-refractivity contribution is -0.159. The van der Waals surface area contributed by atoms with Crippen LogP contribution in [0.2, 0.25) is 0 Å². The van der Waals surface area contributed by atoms with Crippen molar-refractivity contribution in [2.45, 2.75) is 50.2 Å². The molecule has 134 valence electrons. The van der Waals surface area contributed by atoms with Gasteiger partial charge in [0.1, 0.15) is 12.6 Å². The van der Waals surface area contributed by atoms with Crippen molar-refractivity contribution in [2.24, 2.45) is 11.8 Å². The average molecular weight is 361 g/mol. The van der Waals surface area contributed by atoms with E-state index < -0.39 is 12.0 Å². The number of fused-ring (bicyclic) bond motifs is 1. The normalized spacial score (nSPS) is 24.2. The Morgan fingerprint density at radius 3 is 2.24 bits per heavy atom. The highest BCUT2D eigenvalue weighted by Gasteiger charge is 2.51. The largest absolute Gasteiger partial charge is 0.459 e. The molecule has 0 unspecified atom stereocenters. The molecular weight excluding hydrogens is 338 g/mol. The van der Waals surface area contributed by atoms with Crippen molar-refractivity contribution in [1.29, 1.82) is 0 Å². The van der Waals surface area contributed by atoms with Gasteiger partial charge in [0.15, 0.2) is 0 Å². The van der Waals surface area contributed by atoms with E-state index in [1.807, 2.05) is 30.5 Å². The molecule has 0 spiro atoms. The van der Waals surface area contributed by atoms with Crippen molar-refractivity contribution >= 4 is 29.5 Å². The molecule has 1 heterocycles. The van der Waals surface area contributed by atoms with Crippen LogP contribution < -0.4 is 0 Å². The fourth-order valence-electron chi connectivity index (χ4n) is 3.67. The maximum atomic E-state index is 12.5. The summed E-state index contributed by atoms with van der Waals surface area (Å²) in [6.07, 6.45) is 5.43. The van der Waals surface area contributed by atoms with Crippen molar-refractivity contribution in [1.82, 2.24) is 4.90 Å². The number of esters is 1. The molecule has 1 aromatic carbocycles. The summed E-state index contributed by atoms with van der Waals surface area (Å²) in [7, 11) is 0. The zero-order chi connectivity index (χ0) is 18.0. The number of rotatable bonds is 5. The van der Waals surface area contributed by atoms with Crippen molar-refractivity contribution in [3.8, 4) is 0 Å². The van der Waals surface area contributed by atoms with Crippen LogP contribution in [0, 0.1) is 11.8 Å². The lowest BCUT2D eigenvalue weighted by Crippen LogP contribution is -2.44. The minimum Gasteiger partial charge on any atom is -0.459 e. The van der Waals surface area contributed by atoms with Crippen molar-refractivity contribution in [3.63, 3.8) is 0 Å². The van der Waals surface area contributed by atoms with E-state index in [-0.39, 0.29) is 30.3 Å². The molecular formula is C19H23NO4S. The molecule has 1 aliphatic carbocycles. The van der Waals surface area contributed by atoms with E-state index >= 15 is 0 Å². The molecule has 3 atom stereocenters. The van der Waals surface area contributed by atoms with Gasteiger partial charge in [-0.25, -0.2) is 4.79 Å². The van der Waals surface area contributed by atoms with E-state index in [0.29, 0.717) is 0 Å². The van der Waals surface area contributed by atoms with E-state index in [2.05, 4.69) is 0 Å². The van der Waals surface area contributed by atoms with Crippen LogP contribution in [0.5, 0.6) is 0 Å². The van der Waals surface area contributed by atoms with Crippen molar-refractivity contribution < 1.29 is 19.1 Å². The fourth-order valence-corrected chi connectivity index (χ4v) is 4.08. The third kappa shape index (κ3) is 3.59. The van der Waals surface area contributed by atoms with Crippen LogP contribution in [0.1, 0.15) is 38.2 Å². The van der Waals surface area contributed by atoms with E-state index in [0.717, 1.165) is 41.0 Å². The molecule has 0 bridgehead atoms. The molecule has 1 saturated carbocycles. The quantitative estimate of drug-likeness (QED) is 0.458. The smallest absolute Gasteiger partial charge is 0.329 e. The molecule has 0 N–H and O–H groups in total. The molecule has 6 heteroatoms. The number of likely N-dealkylation sites (tertiary alicyclic amines) is 1. The summed E-state index contributed by atoms with van der Waals surface area (Å²) in [5, 5.41) is 0. The number of hydrogen-bond acceptors (Lipinski definition) is 5. The second-order valence-corrected chi connectivity index (χ2v) is 7.56. The van der Waals surface area contributed by atoms with Gasteiger partial charge in [-0.1, -0.05) is 25.0 Å². The number of carbonyl (C=O) groups excluding carboxylic acids is 3. The number of amides is 2. The highest BCUT2D eigenvalue weighted by molar-refractivity contribution is 7.98. The average Bonchev–Trinajstić information content (AvgIpc) is 2.90. The summed E-state index contributed by atoms with van der Waals surface area (Å²) in [5.41, 5.74) is 0.881. The summed E-state index contributed by atoms with van der Waals surface area (Å²) in [6, 6.07) is 6.89. The van der Waals surface area contributed by atoms with Gasteiger partial charge in [-0.15, -0.1) is 11.8 Å². The Morgan fingerprint density at radius 2 is 1.72 bits per heavy atom.